The Hall–Kier alpha value is -2.80. The molecule has 0 saturated heterocycles. The van der Waals surface area contributed by atoms with Gasteiger partial charge in [0.25, 0.3) is 0 Å². The van der Waals surface area contributed by atoms with Gasteiger partial charge in [0, 0.05) is 5.39 Å². The fourth-order valence-corrected chi connectivity index (χ4v) is 3.03. The van der Waals surface area contributed by atoms with Crippen LogP contribution >= 0.6 is 11.3 Å². The molecule has 4 aromatic rings. The molecule has 2 N–H and O–H groups in total. The third-order valence-electron chi connectivity index (χ3n) is 3.49. The van der Waals surface area contributed by atoms with Gasteiger partial charge in [0.2, 0.25) is 0 Å². The number of nitrogens with one attached hydrogen (secondary N) is 2. The van der Waals surface area contributed by atoms with Gasteiger partial charge < -0.3 is 5.32 Å². The number of H-pyrrole nitrogens is 1. The Morgan fingerprint density at radius 2 is 2.17 bits per heavy atom. The summed E-state index contributed by atoms with van der Waals surface area (Å²) in [5.74, 6) is 2.29. The number of aromatic amines is 1. The Labute approximate surface area is 136 Å². The summed E-state index contributed by atoms with van der Waals surface area (Å²) in [6.45, 7) is 2.58. The van der Waals surface area contributed by atoms with Crippen molar-refractivity contribution in [2.45, 2.75) is 13.5 Å². The Bertz CT molecular complexity index is 944. The van der Waals surface area contributed by atoms with Crippen LogP contribution in [0.1, 0.15) is 11.4 Å². The SMILES string of the molecule is Cc1ccc2ncnc(NCc3nc(-c4cccs4)n[nH]3)c2c1. The van der Waals surface area contributed by atoms with Crippen LogP contribution in [0.2, 0.25) is 0 Å². The maximum absolute atomic E-state index is 4.50. The van der Waals surface area contributed by atoms with Gasteiger partial charge in [-0.2, -0.15) is 5.10 Å². The molecule has 0 radical (unpaired) electrons. The lowest BCUT2D eigenvalue weighted by Gasteiger charge is -2.07. The number of aryl methyl sites for hydroxylation is 1. The predicted molar refractivity (Wildman–Crippen MR) is 91.3 cm³/mol. The van der Waals surface area contributed by atoms with Crippen LogP contribution in [0.25, 0.3) is 21.6 Å². The van der Waals surface area contributed by atoms with Crippen LogP contribution in [0.3, 0.4) is 0 Å². The number of aromatic nitrogens is 5. The summed E-state index contributed by atoms with van der Waals surface area (Å²) in [4.78, 5) is 14.2. The molecule has 1 aromatic carbocycles. The summed E-state index contributed by atoms with van der Waals surface area (Å²) >= 11 is 1.62. The fraction of sp³-hybridized carbons (Fsp3) is 0.125. The lowest BCUT2D eigenvalue weighted by atomic mass is 10.1. The van der Waals surface area contributed by atoms with Crippen molar-refractivity contribution in [2.75, 3.05) is 5.32 Å². The summed E-state index contributed by atoms with van der Waals surface area (Å²) in [5, 5.41) is 13.5. The van der Waals surface area contributed by atoms with E-state index in [1.807, 2.05) is 29.6 Å². The first-order valence-electron chi connectivity index (χ1n) is 7.20. The first kappa shape index (κ1) is 13.8. The highest BCUT2D eigenvalue weighted by Gasteiger charge is 2.08. The van der Waals surface area contributed by atoms with Gasteiger partial charge in [0.1, 0.15) is 18.0 Å². The van der Waals surface area contributed by atoms with Crippen molar-refractivity contribution in [3.05, 3.63) is 53.4 Å². The molecule has 0 saturated carbocycles. The topological polar surface area (TPSA) is 79.4 Å². The molecule has 0 aliphatic heterocycles. The Kier molecular flexibility index (Phi) is 3.47. The molecule has 4 rings (SSSR count). The predicted octanol–water partition coefficient (Wildman–Crippen LogP) is 3.40. The second-order valence-corrected chi connectivity index (χ2v) is 6.13. The molecule has 114 valence electrons. The molecule has 23 heavy (non-hydrogen) atoms. The maximum Gasteiger partial charge on any atom is 0.191 e. The van der Waals surface area contributed by atoms with Crippen LogP contribution in [-0.4, -0.2) is 25.1 Å². The second-order valence-electron chi connectivity index (χ2n) is 5.18. The largest absolute Gasteiger partial charge is 0.362 e. The molecule has 0 spiro atoms. The zero-order chi connectivity index (χ0) is 15.6. The molecule has 0 bridgehead atoms. The van der Waals surface area contributed by atoms with Crippen molar-refractivity contribution in [1.82, 2.24) is 25.1 Å². The van der Waals surface area contributed by atoms with Gasteiger partial charge in [-0.3, -0.25) is 5.10 Å². The van der Waals surface area contributed by atoms with Crippen LogP contribution in [0.15, 0.2) is 42.0 Å². The minimum absolute atomic E-state index is 0.526. The van der Waals surface area contributed by atoms with E-state index < -0.39 is 0 Å². The minimum atomic E-state index is 0.526. The summed E-state index contributed by atoms with van der Waals surface area (Å²) in [6.07, 6.45) is 1.57. The van der Waals surface area contributed by atoms with Gasteiger partial charge in [-0.15, -0.1) is 11.3 Å². The van der Waals surface area contributed by atoms with E-state index in [-0.39, 0.29) is 0 Å². The van der Waals surface area contributed by atoms with E-state index in [4.69, 9.17) is 0 Å². The number of fused-ring (bicyclic) bond motifs is 1. The molecule has 0 fully saturated rings. The average molecular weight is 322 g/mol. The zero-order valence-electron chi connectivity index (χ0n) is 12.4. The lowest BCUT2D eigenvalue weighted by Crippen LogP contribution is -2.04. The van der Waals surface area contributed by atoms with E-state index in [0.29, 0.717) is 6.54 Å². The molecule has 7 heteroatoms. The van der Waals surface area contributed by atoms with Crippen molar-refractivity contribution in [2.24, 2.45) is 0 Å². The van der Waals surface area contributed by atoms with Crippen LogP contribution in [-0.2, 0) is 6.54 Å². The quantitative estimate of drug-likeness (QED) is 0.602. The average Bonchev–Trinajstić information content (AvgIpc) is 3.24. The van der Waals surface area contributed by atoms with Crippen LogP contribution in [0, 0.1) is 6.92 Å². The van der Waals surface area contributed by atoms with Gasteiger partial charge in [0.15, 0.2) is 5.82 Å². The molecule has 0 atom stereocenters. The highest BCUT2D eigenvalue weighted by molar-refractivity contribution is 7.13. The molecular weight excluding hydrogens is 308 g/mol. The molecule has 0 aliphatic rings. The molecule has 3 aromatic heterocycles. The van der Waals surface area contributed by atoms with E-state index in [9.17, 15) is 0 Å². The first-order valence-corrected chi connectivity index (χ1v) is 8.08. The molecule has 0 amide bonds. The van der Waals surface area contributed by atoms with E-state index >= 15 is 0 Å². The third kappa shape index (κ3) is 2.78. The van der Waals surface area contributed by atoms with E-state index in [2.05, 4.69) is 43.5 Å². The van der Waals surface area contributed by atoms with Gasteiger partial charge in [0.05, 0.1) is 16.9 Å². The summed E-state index contributed by atoms with van der Waals surface area (Å²) in [6, 6.07) is 10.1. The Balaban J connectivity index is 1.56. The Morgan fingerprint density at radius 1 is 1.22 bits per heavy atom. The molecule has 3 heterocycles. The summed E-state index contributed by atoms with van der Waals surface area (Å²) in [5.41, 5.74) is 2.10. The smallest absolute Gasteiger partial charge is 0.191 e. The monoisotopic (exact) mass is 322 g/mol. The van der Waals surface area contributed by atoms with Gasteiger partial charge >= 0.3 is 0 Å². The number of hydrogen-bond donors (Lipinski definition) is 2. The molecular formula is C16H14N6S. The Morgan fingerprint density at radius 3 is 3.04 bits per heavy atom. The number of anilines is 1. The van der Waals surface area contributed by atoms with E-state index in [1.54, 1.807) is 17.7 Å². The highest BCUT2D eigenvalue weighted by Crippen LogP contribution is 2.22. The number of hydrogen-bond acceptors (Lipinski definition) is 6. The van der Waals surface area contributed by atoms with Crippen LogP contribution < -0.4 is 5.32 Å². The normalized spacial score (nSPS) is 11.0. The summed E-state index contributed by atoms with van der Waals surface area (Å²) < 4.78 is 0. The van der Waals surface area contributed by atoms with E-state index in [0.717, 1.165) is 33.2 Å². The van der Waals surface area contributed by atoms with E-state index in [1.165, 1.54) is 5.56 Å². The van der Waals surface area contributed by atoms with Gasteiger partial charge in [-0.25, -0.2) is 15.0 Å². The molecule has 0 unspecified atom stereocenters. The van der Waals surface area contributed by atoms with Crippen molar-refractivity contribution in [1.29, 1.82) is 0 Å². The van der Waals surface area contributed by atoms with Crippen molar-refractivity contribution in [3.8, 4) is 10.7 Å². The molecule has 6 nitrogen and oxygen atoms in total. The number of nitrogens with zero attached hydrogens (tertiary/aromatic N) is 4. The van der Waals surface area contributed by atoms with Crippen molar-refractivity contribution in [3.63, 3.8) is 0 Å². The second kappa shape index (κ2) is 5.77. The fourth-order valence-electron chi connectivity index (χ4n) is 2.37. The lowest BCUT2D eigenvalue weighted by molar-refractivity contribution is 0.948. The zero-order valence-corrected chi connectivity index (χ0v) is 13.3. The standard InChI is InChI=1S/C16H14N6S/c1-10-4-5-12-11(7-10)15(19-9-18-12)17-8-14-20-16(22-21-14)13-3-2-6-23-13/h2-7,9H,8H2,1H3,(H,17,18,19)(H,20,21,22). The first-order chi connectivity index (χ1) is 11.3. The minimum Gasteiger partial charge on any atom is -0.362 e. The van der Waals surface area contributed by atoms with Crippen molar-refractivity contribution >= 4 is 28.1 Å². The number of rotatable bonds is 4. The van der Waals surface area contributed by atoms with Crippen LogP contribution in [0.5, 0.6) is 0 Å². The van der Waals surface area contributed by atoms with Crippen molar-refractivity contribution < 1.29 is 0 Å². The maximum atomic E-state index is 4.50. The molecule has 0 aliphatic carbocycles. The van der Waals surface area contributed by atoms with Gasteiger partial charge in [-0.05, 0) is 30.5 Å². The third-order valence-corrected chi connectivity index (χ3v) is 4.35. The highest BCUT2D eigenvalue weighted by atomic mass is 32.1. The van der Waals surface area contributed by atoms with Gasteiger partial charge in [-0.1, -0.05) is 17.7 Å². The number of thiophene rings is 1. The van der Waals surface area contributed by atoms with Crippen LogP contribution in [0.4, 0.5) is 5.82 Å². The summed E-state index contributed by atoms with van der Waals surface area (Å²) in [7, 11) is 0. The number of benzene rings is 1.